The first kappa shape index (κ1) is 27.1. The molecule has 1 aromatic heterocycles. The highest BCUT2D eigenvalue weighted by molar-refractivity contribution is 5.89. The maximum Gasteiger partial charge on any atom is 0.338 e. The minimum Gasteiger partial charge on any atom is -0.496 e. The van der Waals surface area contributed by atoms with Gasteiger partial charge in [-0.2, -0.15) is 0 Å². The Morgan fingerprint density at radius 3 is 2.42 bits per heavy atom. The van der Waals surface area contributed by atoms with Gasteiger partial charge in [-0.05, 0) is 60.2 Å². The Hall–Kier alpha value is -3.54. The largest absolute Gasteiger partial charge is 0.496 e. The molecule has 0 saturated heterocycles. The predicted octanol–water partition coefficient (Wildman–Crippen LogP) is 6.76. The molecule has 3 aromatic rings. The molecule has 0 aliphatic carbocycles. The Balaban J connectivity index is 1.55. The lowest BCUT2D eigenvalue weighted by Crippen LogP contribution is -2.13. The summed E-state index contributed by atoms with van der Waals surface area (Å²) >= 11 is 0. The van der Waals surface area contributed by atoms with Gasteiger partial charge in [0.25, 0.3) is 0 Å². The van der Waals surface area contributed by atoms with Gasteiger partial charge in [0, 0.05) is 23.2 Å². The lowest BCUT2D eigenvalue weighted by atomic mass is 9.96. The molecule has 0 N–H and O–H groups in total. The van der Waals surface area contributed by atoms with E-state index in [1.54, 1.807) is 26.5 Å². The van der Waals surface area contributed by atoms with Crippen LogP contribution in [-0.2, 0) is 4.74 Å². The SMILES string of the molecule is COc1ccc(OCCC(C)c2cccc(C(=O)OCC(C)c3cccnc3OC)c2)cc1C(C)C. The zero-order valence-corrected chi connectivity index (χ0v) is 22.1. The third-order valence-corrected chi connectivity index (χ3v) is 6.32. The Morgan fingerprint density at radius 2 is 1.69 bits per heavy atom. The number of hydrogen-bond acceptors (Lipinski definition) is 6. The molecule has 2 unspecified atom stereocenters. The summed E-state index contributed by atoms with van der Waals surface area (Å²) in [6, 6.07) is 17.4. The molecular formula is C30H37NO5. The Kier molecular flexibility index (Phi) is 9.74. The first-order valence-corrected chi connectivity index (χ1v) is 12.4. The summed E-state index contributed by atoms with van der Waals surface area (Å²) in [5.74, 6) is 2.46. The molecule has 0 spiro atoms. The van der Waals surface area contributed by atoms with Crippen LogP contribution in [-0.4, -0.2) is 38.4 Å². The van der Waals surface area contributed by atoms with Crippen molar-refractivity contribution in [1.82, 2.24) is 4.98 Å². The summed E-state index contributed by atoms with van der Waals surface area (Å²) in [6.45, 7) is 9.21. The van der Waals surface area contributed by atoms with Crippen LogP contribution in [0.4, 0.5) is 0 Å². The molecular weight excluding hydrogens is 454 g/mol. The highest BCUT2D eigenvalue weighted by Crippen LogP contribution is 2.31. The molecule has 1 heterocycles. The average molecular weight is 492 g/mol. The van der Waals surface area contributed by atoms with E-state index in [0.717, 1.165) is 34.6 Å². The monoisotopic (exact) mass is 491 g/mol. The molecule has 0 saturated carbocycles. The van der Waals surface area contributed by atoms with Crippen molar-refractivity contribution in [3.63, 3.8) is 0 Å². The molecule has 2 aromatic carbocycles. The molecule has 0 aliphatic rings. The molecule has 0 bridgehead atoms. The Morgan fingerprint density at radius 1 is 0.889 bits per heavy atom. The number of carbonyl (C=O) groups excluding carboxylic acids is 1. The number of benzene rings is 2. The zero-order chi connectivity index (χ0) is 26.1. The summed E-state index contributed by atoms with van der Waals surface area (Å²) in [6.07, 6.45) is 2.50. The van der Waals surface area contributed by atoms with E-state index in [2.05, 4.69) is 25.8 Å². The van der Waals surface area contributed by atoms with Crippen molar-refractivity contribution >= 4 is 5.97 Å². The quantitative estimate of drug-likeness (QED) is 0.261. The van der Waals surface area contributed by atoms with Crippen LogP contribution in [0.3, 0.4) is 0 Å². The van der Waals surface area contributed by atoms with Gasteiger partial charge in [-0.15, -0.1) is 0 Å². The van der Waals surface area contributed by atoms with Crippen molar-refractivity contribution in [2.24, 2.45) is 0 Å². The lowest BCUT2D eigenvalue weighted by Gasteiger charge is -2.17. The van der Waals surface area contributed by atoms with Gasteiger partial charge in [0.1, 0.15) is 11.5 Å². The van der Waals surface area contributed by atoms with Crippen molar-refractivity contribution in [2.75, 3.05) is 27.4 Å². The number of carbonyl (C=O) groups is 1. The number of methoxy groups -OCH3 is 2. The molecule has 36 heavy (non-hydrogen) atoms. The van der Waals surface area contributed by atoms with E-state index in [-0.39, 0.29) is 24.4 Å². The third kappa shape index (κ3) is 7.00. The van der Waals surface area contributed by atoms with E-state index >= 15 is 0 Å². The summed E-state index contributed by atoms with van der Waals surface area (Å²) < 4.78 is 22.4. The highest BCUT2D eigenvalue weighted by atomic mass is 16.5. The second-order valence-electron chi connectivity index (χ2n) is 9.32. The number of nitrogens with zero attached hydrogens (tertiary/aromatic N) is 1. The van der Waals surface area contributed by atoms with Crippen LogP contribution >= 0.6 is 0 Å². The van der Waals surface area contributed by atoms with E-state index in [1.807, 2.05) is 55.5 Å². The molecule has 192 valence electrons. The number of ether oxygens (including phenoxy) is 4. The molecule has 0 amide bonds. The topological polar surface area (TPSA) is 66.9 Å². The Labute approximate surface area is 214 Å². The van der Waals surface area contributed by atoms with Crippen molar-refractivity contribution in [3.05, 3.63) is 83.0 Å². The molecule has 6 heteroatoms. The number of esters is 1. The highest BCUT2D eigenvalue weighted by Gasteiger charge is 2.17. The van der Waals surface area contributed by atoms with Gasteiger partial charge in [0.15, 0.2) is 0 Å². The van der Waals surface area contributed by atoms with Gasteiger partial charge in [-0.1, -0.05) is 45.9 Å². The van der Waals surface area contributed by atoms with Crippen LogP contribution in [0.1, 0.15) is 78.9 Å². The van der Waals surface area contributed by atoms with E-state index in [0.29, 0.717) is 24.0 Å². The minimum absolute atomic E-state index is 0.0361. The second kappa shape index (κ2) is 13.0. The van der Waals surface area contributed by atoms with Gasteiger partial charge < -0.3 is 18.9 Å². The van der Waals surface area contributed by atoms with Gasteiger partial charge in [0.05, 0.1) is 33.0 Å². The van der Waals surface area contributed by atoms with Crippen LogP contribution in [0.15, 0.2) is 60.8 Å². The Bertz CT molecular complexity index is 1140. The summed E-state index contributed by atoms with van der Waals surface area (Å²) in [5.41, 5.74) is 3.66. The molecule has 0 fully saturated rings. The van der Waals surface area contributed by atoms with Crippen LogP contribution < -0.4 is 14.2 Å². The lowest BCUT2D eigenvalue weighted by molar-refractivity contribution is 0.0484. The molecule has 3 rings (SSSR count). The van der Waals surface area contributed by atoms with Gasteiger partial charge in [-0.25, -0.2) is 9.78 Å². The van der Waals surface area contributed by atoms with Crippen LogP contribution in [0.5, 0.6) is 17.4 Å². The third-order valence-electron chi connectivity index (χ3n) is 6.32. The van der Waals surface area contributed by atoms with Gasteiger partial charge >= 0.3 is 5.97 Å². The number of aromatic nitrogens is 1. The standard InChI is InChI=1S/C30H37NO5/c1-20(2)27-18-25(12-13-28(27)33-5)35-16-14-21(3)23-9-7-10-24(17-23)30(32)36-19-22(4)26-11-8-15-31-29(26)34-6/h7-13,15,17-18,20-22H,14,16,19H2,1-6H3. The van der Waals surface area contributed by atoms with Crippen LogP contribution in [0.2, 0.25) is 0 Å². The van der Waals surface area contributed by atoms with E-state index in [9.17, 15) is 4.79 Å². The summed E-state index contributed by atoms with van der Waals surface area (Å²) in [4.78, 5) is 17.0. The number of pyridine rings is 1. The number of rotatable bonds is 12. The first-order valence-electron chi connectivity index (χ1n) is 12.4. The molecule has 0 aliphatic heterocycles. The van der Waals surface area contributed by atoms with Crippen LogP contribution in [0.25, 0.3) is 0 Å². The van der Waals surface area contributed by atoms with Crippen molar-refractivity contribution in [3.8, 4) is 17.4 Å². The fourth-order valence-corrected chi connectivity index (χ4v) is 4.07. The van der Waals surface area contributed by atoms with Gasteiger partial charge in [0.2, 0.25) is 5.88 Å². The first-order chi connectivity index (χ1) is 17.3. The maximum absolute atomic E-state index is 12.7. The predicted molar refractivity (Wildman–Crippen MR) is 142 cm³/mol. The normalized spacial score (nSPS) is 12.6. The maximum atomic E-state index is 12.7. The average Bonchev–Trinajstić information content (AvgIpc) is 2.91. The fourth-order valence-electron chi connectivity index (χ4n) is 4.07. The fraction of sp³-hybridized carbons (Fsp3) is 0.400. The molecule has 2 atom stereocenters. The summed E-state index contributed by atoms with van der Waals surface area (Å²) in [5, 5.41) is 0. The van der Waals surface area contributed by atoms with E-state index in [4.69, 9.17) is 18.9 Å². The van der Waals surface area contributed by atoms with E-state index in [1.165, 1.54) is 0 Å². The number of hydrogen-bond donors (Lipinski definition) is 0. The zero-order valence-electron chi connectivity index (χ0n) is 22.1. The summed E-state index contributed by atoms with van der Waals surface area (Å²) in [7, 11) is 3.27. The molecule has 0 radical (unpaired) electrons. The van der Waals surface area contributed by atoms with Crippen LogP contribution in [0, 0.1) is 0 Å². The smallest absolute Gasteiger partial charge is 0.338 e. The second-order valence-corrected chi connectivity index (χ2v) is 9.32. The van der Waals surface area contributed by atoms with Crippen molar-refractivity contribution in [1.29, 1.82) is 0 Å². The van der Waals surface area contributed by atoms with Gasteiger partial charge in [-0.3, -0.25) is 0 Å². The molecule has 6 nitrogen and oxygen atoms in total. The van der Waals surface area contributed by atoms with Crippen molar-refractivity contribution < 1.29 is 23.7 Å². The van der Waals surface area contributed by atoms with E-state index < -0.39 is 0 Å². The van der Waals surface area contributed by atoms with Crippen molar-refractivity contribution in [2.45, 2.75) is 51.9 Å². The minimum atomic E-state index is -0.338.